The molecule has 1 fully saturated rings. The van der Waals surface area contributed by atoms with Gasteiger partial charge >= 0.3 is 0 Å². The zero-order valence-electron chi connectivity index (χ0n) is 10.7. The van der Waals surface area contributed by atoms with Crippen LogP contribution in [0.2, 0.25) is 0 Å². The van der Waals surface area contributed by atoms with Crippen molar-refractivity contribution >= 4 is 65.5 Å². The summed E-state index contributed by atoms with van der Waals surface area (Å²) in [5.74, 6) is -0.0151. The van der Waals surface area contributed by atoms with Gasteiger partial charge in [0.25, 0.3) is 0 Å². The fourth-order valence-electron chi connectivity index (χ4n) is 2.16. The van der Waals surface area contributed by atoms with E-state index in [1.807, 2.05) is 24.3 Å². The van der Waals surface area contributed by atoms with E-state index in [-0.39, 0.29) is 17.5 Å². The molecule has 1 aromatic heterocycles. The van der Waals surface area contributed by atoms with Crippen LogP contribution in [0.15, 0.2) is 24.3 Å². The average Bonchev–Trinajstić information content (AvgIpc) is 2.89. The van der Waals surface area contributed by atoms with Crippen LogP contribution in [0.1, 0.15) is 0 Å². The SMILES string of the molecule is O=S1(=O)C[C@@H](Cl)[C@H](NC(=S)Nc2nc3ccccc3s2)C1. The largest absolute Gasteiger partial charge is 0.357 e. The van der Waals surface area contributed by atoms with Crippen molar-refractivity contribution in [1.82, 2.24) is 10.3 Å². The second-order valence-electron chi connectivity index (χ2n) is 4.78. The molecule has 2 N–H and O–H groups in total. The van der Waals surface area contributed by atoms with Crippen LogP contribution in [0.4, 0.5) is 5.13 Å². The summed E-state index contributed by atoms with van der Waals surface area (Å²) in [6.07, 6.45) is 0. The standard InChI is InChI=1S/C12H12ClN3O2S3/c13-7-5-21(17,18)6-9(7)14-11(19)16-12-15-8-3-1-2-4-10(8)20-12/h1-4,7,9H,5-6H2,(H2,14,15,16,19)/t7-,9-/m1/s1. The molecule has 0 saturated carbocycles. The zero-order chi connectivity index (χ0) is 15.0. The molecule has 0 aliphatic carbocycles. The van der Waals surface area contributed by atoms with Crippen molar-refractivity contribution in [3.05, 3.63) is 24.3 Å². The van der Waals surface area contributed by atoms with E-state index in [0.717, 1.165) is 10.2 Å². The highest BCUT2D eigenvalue weighted by Crippen LogP contribution is 2.25. The lowest BCUT2D eigenvalue weighted by Crippen LogP contribution is -2.42. The summed E-state index contributed by atoms with van der Waals surface area (Å²) in [5, 5.41) is 6.47. The van der Waals surface area contributed by atoms with Crippen LogP contribution >= 0.6 is 35.2 Å². The molecule has 0 unspecified atom stereocenters. The summed E-state index contributed by atoms with van der Waals surface area (Å²) in [5.41, 5.74) is 0.895. The Morgan fingerprint density at radius 3 is 2.81 bits per heavy atom. The summed E-state index contributed by atoms with van der Waals surface area (Å²) in [6, 6.07) is 7.40. The third-order valence-electron chi connectivity index (χ3n) is 3.11. The van der Waals surface area contributed by atoms with E-state index in [2.05, 4.69) is 15.6 Å². The fraction of sp³-hybridized carbons (Fsp3) is 0.333. The first-order valence-corrected chi connectivity index (χ1v) is 9.69. The van der Waals surface area contributed by atoms with Crippen molar-refractivity contribution < 1.29 is 8.42 Å². The van der Waals surface area contributed by atoms with E-state index in [1.165, 1.54) is 11.3 Å². The van der Waals surface area contributed by atoms with Crippen LogP contribution in [0.25, 0.3) is 10.2 Å². The minimum absolute atomic E-state index is 0.00281. The number of benzene rings is 1. The fourth-order valence-corrected chi connectivity index (χ4v) is 5.90. The Morgan fingerprint density at radius 2 is 2.14 bits per heavy atom. The van der Waals surface area contributed by atoms with Gasteiger partial charge in [0, 0.05) is 0 Å². The number of rotatable bonds is 2. The van der Waals surface area contributed by atoms with Crippen LogP contribution in [0.5, 0.6) is 0 Å². The topological polar surface area (TPSA) is 71.1 Å². The van der Waals surface area contributed by atoms with E-state index in [9.17, 15) is 8.42 Å². The molecule has 1 aliphatic rings. The maximum atomic E-state index is 11.5. The van der Waals surface area contributed by atoms with E-state index in [1.54, 1.807) is 0 Å². The Bertz CT molecular complexity index is 757. The van der Waals surface area contributed by atoms with Gasteiger partial charge in [-0.1, -0.05) is 23.5 Å². The first-order chi connectivity index (χ1) is 9.93. The van der Waals surface area contributed by atoms with Gasteiger partial charge in [-0.3, -0.25) is 0 Å². The number of thiocarbonyl (C=S) groups is 1. The molecule has 112 valence electrons. The third kappa shape index (κ3) is 3.45. The highest BCUT2D eigenvalue weighted by atomic mass is 35.5. The molecule has 2 atom stereocenters. The van der Waals surface area contributed by atoms with Crippen molar-refractivity contribution in [3.8, 4) is 0 Å². The number of sulfone groups is 1. The maximum absolute atomic E-state index is 11.5. The number of nitrogens with zero attached hydrogens (tertiary/aromatic N) is 1. The predicted molar refractivity (Wildman–Crippen MR) is 91.1 cm³/mol. The average molecular weight is 362 g/mol. The van der Waals surface area contributed by atoms with Gasteiger partial charge in [0.05, 0.1) is 33.1 Å². The molecule has 1 aromatic carbocycles. The van der Waals surface area contributed by atoms with Gasteiger partial charge in [0.2, 0.25) is 0 Å². The Labute approximate surface area is 136 Å². The van der Waals surface area contributed by atoms with Gasteiger partial charge in [0.15, 0.2) is 20.1 Å². The van der Waals surface area contributed by atoms with Gasteiger partial charge in [-0.2, -0.15) is 0 Å². The quantitative estimate of drug-likeness (QED) is 0.629. The summed E-state index contributed by atoms with van der Waals surface area (Å²) in [4.78, 5) is 4.40. The molecule has 0 bridgehead atoms. The summed E-state index contributed by atoms with van der Waals surface area (Å²) in [6.45, 7) is 0. The smallest absolute Gasteiger partial charge is 0.190 e. The predicted octanol–water partition coefficient (Wildman–Crippen LogP) is 1.99. The van der Waals surface area contributed by atoms with Crippen LogP contribution in [0, 0.1) is 0 Å². The number of hydrogen-bond donors (Lipinski definition) is 2. The second-order valence-corrected chi connectivity index (χ2v) is 8.94. The molecule has 9 heteroatoms. The van der Waals surface area contributed by atoms with Gasteiger partial charge < -0.3 is 10.6 Å². The van der Waals surface area contributed by atoms with Crippen molar-refractivity contribution in [2.45, 2.75) is 11.4 Å². The molecular formula is C12H12ClN3O2S3. The zero-order valence-corrected chi connectivity index (χ0v) is 14.0. The monoisotopic (exact) mass is 361 g/mol. The Kier molecular flexibility index (Phi) is 4.04. The van der Waals surface area contributed by atoms with Crippen molar-refractivity contribution in [2.24, 2.45) is 0 Å². The lowest BCUT2D eigenvalue weighted by Gasteiger charge is -2.16. The Hall–Kier alpha value is -0.960. The molecule has 2 aromatic rings. The molecule has 5 nitrogen and oxygen atoms in total. The van der Waals surface area contributed by atoms with Gasteiger partial charge in [-0.15, -0.1) is 11.6 Å². The van der Waals surface area contributed by atoms with E-state index >= 15 is 0 Å². The second kappa shape index (κ2) is 5.68. The lowest BCUT2D eigenvalue weighted by molar-refractivity contribution is 0.600. The van der Waals surface area contributed by atoms with E-state index in [0.29, 0.717) is 10.2 Å². The number of aromatic nitrogens is 1. The molecule has 0 radical (unpaired) electrons. The number of hydrogen-bond acceptors (Lipinski definition) is 5. The number of alkyl halides is 1. The van der Waals surface area contributed by atoms with Gasteiger partial charge in [0.1, 0.15) is 0 Å². The van der Waals surface area contributed by atoms with Crippen molar-refractivity contribution in [2.75, 3.05) is 16.8 Å². The molecule has 0 amide bonds. The summed E-state index contributed by atoms with van der Waals surface area (Å²) < 4.78 is 24.1. The van der Waals surface area contributed by atoms with Crippen LogP contribution in [0.3, 0.4) is 0 Å². The van der Waals surface area contributed by atoms with Crippen molar-refractivity contribution in [1.29, 1.82) is 0 Å². The molecule has 0 spiro atoms. The van der Waals surface area contributed by atoms with Crippen LogP contribution in [-0.4, -0.2) is 41.4 Å². The molecule has 2 heterocycles. The minimum Gasteiger partial charge on any atom is -0.357 e. The highest BCUT2D eigenvalue weighted by Gasteiger charge is 2.36. The summed E-state index contributed by atoms with van der Waals surface area (Å²) >= 11 is 12.7. The number of para-hydroxylation sites is 1. The molecule has 1 saturated heterocycles. The van der Waals surface area contributed by atoms with Crippen LogP contribution < -0.4 is 10.6 Å². The van der Waals surface area contributed by atoms with Crippen LogP contribution in [-0.2, 0) is 9.84 Å². The molecule has 3 rings (SSSR count). The van der Waals surface area contributed by atoms with Gasteiger partial charge in [-0.25, -0.2) is 13.4 Å². The number of nitrogens with one attached hydrogen (secondary N) is 2. The molecule has 1 aliphatic heterocycles. The highest BCUT2D eigenvalue weighted by molar-refractivity contribution is 7.91. The number of fused-ring (bicyclic) bond motifs is 1. The lowest BCUT2D eigenvalue weighted by atomic mass is 10.3. The summed E-state index contributed by atoms with van der Waals surface area (Å²) in [7, 11) is -3.08. The van der Waals surface area contributed by atoms with E-state index < -0.39 is 15.2 Å². The Balaban J connectivity index is 1.66. The number of anilines is 1. The van der Waals surface area contributed by atoms with E-state index in [4.69, 9.17) is 23.8 Å². The maximum Gasteiger partial charge on any atom is 0.190 e. The van der Waals surface area contributed by atoms with Crippen molar-refractivity contribution in [3.63, 3.8) is 0 Å². The number of halogens is 1. The third-order valence-corrected chi connectivity index (χ3v) is 6.66. The normalized spacial score (nSPS) is 24.0. The first kappa shape index (κ1) is 15.0. The number of thiazole rings is 1. The minimum atomic E-state index is -3.08. The first-order valence-electron chi connectivity index (χ1n) is 6.20. The van der Waals surface area contributed by atoms with Gasteiger partial charge in [-0.05, 0) is 24.4 Å². The molecule has 21 heavy (non-hydrogen) atoms. The Morgan fingerprint density at radius 1 is 1.38 bits per heavy atom. The molecular weight excluding hydrogens is 350 g/mol.